The van der Waals surface area contributed by atoms with E-state index in [9.17, 15) is 9.59 Å². The summed E-state index contributed by atoms with van der Waals surface area (Å²) in [6.07, 6.45) is 0.728. The lowest BCUT2D eigenvalue weighted by atomic mass is 9.95. The van der Waals surface area contributed by atoms with E-state index < -0.39 is 18.5 Å². The Morgan fingerprint density at radius 2 is 1.84 bits per heavy atom. The summed E-state index contributed by atoms with van der Waals surface area (Å²) in [5.41, 5.74) is 4.65. The number of nitrogens with one attached hydrogen (secondary N) is 1. The van der Waals surface area contributed by atoms with Crippen LogP contribution in [0.1, 0.15) is 27.2 Å². The Morgan fingerprint density at radius 1 is 1.05 bits per heavy atom. The lowest BCUT2D eigenvalue weighted by Gasteiger charge is -2.30. The Labute approximate surface area is 220 Å². The van der Waals surface area contributed by atoms with Gasteiger partial charge in [-0.15, -0.1) is 0 Å². The second-order valence-electron chi connectivity index (χ2n) is 8.85. The molecule has 0 bridgehead atoms. The number of amides is 1. The van der Waals surface area contributed by atoms with Crippen LogP contribution in [0.2, 0.25) is 5.02 Å². The molecule has 37 heavy (non-hydrogen) atoms. The third-order valence-corrected chi connectivity index (χ3v) is 6.64. The maximum Gasteiger partial charge on any atom is 0.339 e. The lowest BCUT2D eigenvalue weighted by Crippen LogP contribution is -2.32. The zero-order valence-corrected chi connectivity index (χ0v) is 21.1. The summed E-state index contributed by atoms with van der Waals surface area (Å²) >= 11 is 6.13. The van der Waals surface area contributed by atoms with Gasteiger partial charge in [0.25, 0.3) is 5.91 Å². The molecular weight excluding hydrogens is 490 g/mol. The van der Waals surface area contributed by atoms with Crippen LogP contribution in [0, 0.1) is 0 Å². The van der Waals surface area contributed by atoms with E-state index in [0.29, 0.717) is 28.6 Å². The fraction of sp³-hybridized carbons (Fsp3) is 0.207. The molecule has 7 nitrogen and oxygen atoms in total. The van der Waals surface area contributed by atoms with Crippen LogP contribution < -0.4 is 10.1 Å². The number of hydrogen-bond acceptors (Lipinski definition) is 6. The van der Waals surface area contributed by atoms with Crippen molar-refractivity contribution in [3.05, 3.63) is 100 Å². The van der Waals surface area contributed by atoms with Crippen molar-refractivity contribution >= 4 is 40.1 Å². The summed E-state index contributed by atoms with van der Waals surface area (Å²) < 4.78 is 10.6. The van der Waals surface area contributed by atoms with Gasteiger partial charge in [-0.1, -0.05) is 60.1 Å². The number of esters is 1. The SMILES string of the molecule is COc1ccc(NC(=O)COC(=O)c2c3c(nc4ccccc24)CCN(Cc2ccccc2)C3)cc1Cl. The van der Waals surface area contributed by atoms with Crippen molar-refractivity contribution in [2.75, 3.05) is 25.6 Å². The van der Waals surface area contributed by atoms with E-state index in [1.165, 1.54) is 12.7 Å². The molecule has 1 N–H and O–H groups in total. The van der Waals surface area contributed by atoms with Crippen molar-refractivity contribution in [1.29, 1.82) is 0 Å². The molecule has 0 atom stereocenters. The zero-order chi connectivity index (χ0) is 25.8. The molecule has 1 aliphatic heterocycles. The molecular formula is C29H26ClN3O4. The van der Waals surface area contributed by atoms with Crippen molar-refractivity contribution in [2.45, 2.75) is 19.5 Å². The number of carbonyl (C=O) groups excluding carboxylic acids is 2. The number of para-hydroxylation sites is 1. The number of carbonyl (C=O) groups is 2. The summed E-state index contributed by atoms with van der Waals surface area (Å²) in [6.45, 7) is 1.76. The average molecular weight is 516 g/mol. The fourth-order valence-electron chi connectivity index (χ4n) is 4.60. The normalized spacial score (nSPS) is 13.1. The zero-order valence-electron chi connectivity index (χ0n) is 20.4. The van der Waals surface area contributed by atoms with Gasteiger partial charge >= 0.3 is 5.97 Å². The predicted octanol–water partition coefficient (Wildman–Crippen LogP) is 5.25. The van der Waals surface area contributed by atoms with Crippen LogP contribution in [0.4, 0.5) is 5.69 Å². The maximum absolute atomic E-state index is 13.4. The quantitative estimate of drug-likeness (QED) is 0.339. The fourth-order valence-corrected chi connectivity index (χ4v) is 4.86. The van der Waals surface area contributed by atoms with Crippen LogP contribution in [-0.4, -0.2) is 42.0 Å². The van der Waals surface area contributed by atoms with E-state index in [1.54, 1.807) is 18.2 Å². The first-order chi connectivity index (χ1) is 18.0. The van der Waals surface area contributed by atoms with Crippen LogP contribution in [-0.2, 0) is 29.0 Å². The number of benzene rings is 3. The highest BCUT2D eigenvalue weighted by Crippen LogP contribution is 2.30. The Kier molecular flexibility index (Phi) is 7.35. The number of anilines is 1. The molecule has 188 valence electrons. The van der Waals surface area contributed by atoms with Gasteiger partial charge in [0.2, 0.25) is 0 Å². The first-order valence-electron chi connectivity index (χ1n) is 12.0. The number of aromatic nitrogens is 1. The first kappa shape index (κ1) is 24.7. The molecule has 1 amide bonds. The molecule has 5 rings (SSSR count). The van der Waals surface area contributed by atoms with E-state index >= 15 is 0 Å². The average Bonchev–Trinajstić information content (AvgIpc) is 2.91. The van der Waals surface area contributed by atoms with E-state index in [4.69, 9.17) is 26.1 Å². The number of pyridine rings is 1. The molecule has 1 aromatic heterocycles. The van der Waals surface area contributed by atoms with Crippen molar-refractivity contribution in [1.82, 2.24) is 9.88 Å². The van der Waals surface area contributed by atoms with Crippen molar-refractivity contribution in [3.63, 3.8) is 0 Å². The highest BCUT2D eigenvalue weighted by Gasteiger charge is 2.27. The molecule has 0 saturated heterocycles. The first-order valence-corrected chi connectivity index (χ1v) is 12.4. The molecule has 2 heterocycles. The summed E-state index contributed by atoms with van der Waals surface area (Å²) in [7, 11) is 1.52. The highest BCUT2D eigenvalue weighted by atomic mass is 35.5. The molecule has 8 heteroatoms. The van der Waals surface area contributed by atoms with Gasteiger partial charge in [0.15, 0.2) is 6.61 Å². The van der Waals surface area contributed by atoms with Gasteiger partial charge in [0.1, 0.15) is 5.75 Å². The predicted molar refractivity (Wildman–Crippen MR) is 143 cm³/mol. The Balaban J connectivity index is 1.35. The number of hydrogen-bond donors (Lipinski definition) is 1. The number of nitrogens with zero attached hydrogens (tertiary/aromatic N) is 2. The molecule has 0 saturated carbocycles. The molecule has 0 unspecified atom stereocenters. The van der Waals surface area contributed by atoms with Gasteiger partial charge in [0.05, 0.1) is 23.2 Å². The minimum absolute atomic E-state index is 0.368. The smallest absolute Gasteiger partial charge is 0.339 e. The van der Waals surface area contributed by atoms with Gasteiger partial charge in [-0.25, -0.2) is 4.79 Å². The van der Waals surface area contributed by atoms with E-state index in [0.717, 1.165) is 41.7 Å². The number of fused-ring (bicyclic) bond motifs is 2. The Morgan fingerprint density at radius 3 is 2.62 bits per heavy atom. The molecule has 0 fully saturated rings. The summed E-state index contributed by atoms with van der Waals surface area (Å²) in [4.78, 5) is 33.1. The van der Waals surface area contributed by atoms with Crippen molar-refractivity contribution in [3.8, 4) is 5.75 Å². The summed E-state index contributed by atoms with van der Waals surface area (Å²) in [6, 6.07) is 22.7. The molecule has 0 radical (unpaired) electrons. The third kappa shape index (κ3) is 5.58. The van der Waals surface area contributed by atoms with Gasteiger partial charge in [0, 0.05) is 48.4 Å². The number of rotatable bonds is 7. The number of ether oxygens (including phenoxy) is 2. The van der Waals surface area contributed by atoms with Crippen molar-refractivity contribution < 1.29 is 19.1 Å². The summed E-state index contributed by atoms with van der Waals surface area (Å²) in [5.74, 6) is -0.506. The number of methoxy groups -OCH3 is 1. The van der Waals surface area contributed by atoms with Crippen LogP contribution in [0.5, 0.6) is 5.75 Å². The maximum atomic E-state index is 13.4. The van der Waals surface area contributed by atoms with Crippen LogP contribution >= 0.6 is 11.6 Å². The minimum Gasteiger partial charge on any atom is -0.495 e. The van der Waals surface area contributed by atoms with Crippen LogP contribution in [0.3, 0.4) is 0 Å². The van der Waals surface area contributed by atoms with Gasteiger partial charge in [-0.05, 0) is 29.8 Å². The van der Waals surface area contributed by atoms with Gasteiger partial charge < -0.3 is 14.8 Å². The second kappa shape index (κ2) is 11.0. The third-order valence-electron chi connectivity index (χ3n) is 6.35. The van der Waals surface area contributed by atoms with Gasteiger partial charge in [-0.2, -0.15) is 0 Å². The van der Waals surface area contributed by atoms with Crippen molar-refractivity contribution in [2.24, 2.45) is 0 Å². The van der Waals surface area contributed by atoms with Gasteiger partial charge in [-0.3, -0.25) is 14.7 Å². The molecule has 3 aromatic carbocycles. The standard InChI is InChI=1S/C29H26ClN3O4/c1-36-26-12-11-20(15-23(26)30)31-27(34)18-37-29(35)28-21-9-5-6-10-24(21)32-25-13-14-33(17-22(25)28)16-19-7-3-2-4-8-19/h2-12,15H,13-14,16-18H2,1H3,(H,31,34). The minimum atomic E-state index is -0.542. The van der Waals surface area contributed by atoms with E-state index in [1.807, 2.05) is 42.5 Å². The monoisotopic (exact) mass is 515 g/mol. The lowest BCUT2D eigenvalue weighted by molar-refractivity contribution is -0.119. The Hall–Kier alpha value is -3.94. The Bertz CT molecular complexity index is 1460. The van der Waals surface area contributed by atoms with E-state index in [2.05, 4.69) is 22.3 Å². The largest absolute Gasteiger partial charge is 0.495 e. The van der Waals surface area contributed by atoms with Crippen LogP contribution in [0.15, 0.2) is 72.8 Å². The topological polar surface area (TPSA) is 80.8 Å². The molecule has 4 aromatic rings. The molecule has 1 aliphatic rings. The van der Waals surface area contributed by atoms with E-state index in [-0.39, 0.29) is 0 Å². The molecule has 0 aliphatic carbocycles. The second-order valence-corrected chi connectivity index (χ2v) is 9.26. The molecule has 0 spiro atoms. The summed E-state index contributed by atoms with van der Waals surface area (Å²) in [5, 5.41) is 3.78. The van der Waals surface area contributed by atoms with Crippen LogP contribution in [0.25, 0.3) is 10.9 Å². The number of halogens is 1. The highest BCUT2D eigenvalue weighted by molar-refractivity contribution is 6.32.